The van der Waals surface area contributed by atoms with E-state index >= 15 is 0 Å². The number of halogens is 3. The second-order valence-electron chi connectivity index (χ2n) is 5.69. The fourth-order valence-electron chi connectivity index (χ4n) is 2.28. The zero-order chi connectivity index (χ0) is 18.9. The van der Waals surface area contributed by atoms with Gasteiger partial charge in [-0.25, -0.2) is 8.42 Å². The number of aromatic nitrogens is 2. The van der Waals surface area contributed by atoms with Crippen LogP contribution in [0.25, 0.3) is 0 Å². The van der Waals surface area contributed by atoms with Gasteiger partial charge in [0.05, 0.1) is 21.5 Å². The van der Waals surface area contributed by atoms with Crippen molar-refractivity contribution < 1.29 is 8.42 Å². The predicted octanol–water partition coefficient (Wildman–Crippen LogP) is 5.00. The molecule has 3 rings (SSSR count). The fourth-order valence-corrected chi connectivity index (χ4v) is 3.87. The molecule has 9 heteroatoms. The molecule has 0 aliphatic rings. The molecule has 0 unspecified atom stereocenters. The Morgan fingerprint density at radius 2 is 1.69 bits per heavy atom. The normalized spacial score (nSPS) is 11.5. The molecular formula is C17H14Cl3N3O2S. The first-order chi connectivity index (χ1) is 12.2. The van der Waals surface area contributed by atoms with Crippen LogP contribution in [-0.2, 0) is 16.6 Å². The van der Waals surface area contributed by atoms with Gasteiger partial charge < -0.3 is 0 Å². The number of nitrogens with zero attached hydrogens (tertiary/aromatic N) is 2. The van der Waals surface area contributed by atoms with E-state index in [9.17, 15) is 8.42 Å². The van der Waals surface area contributed by atoms with Gasteiger partial charge >= 0.3 is 0 Å². The summed E-state index contributed by atoms with van der Waals surface area (Å²) in [4.78, 5) is 0.137. The number of rotatable bonds is 5. The number of hydrogen-bond acceptors (Lipinski definition) is 3. The first kappa shape index (κ1) is 19.0. The topological polar surface area (TPSA) is 64.0 Å². The Bertz CT molecular complexity index is 1050. The molecule has 0 saturated carbocycles. The number of nitrogens with one attached hydrogen (secondary N) is 1. The van der Waals surface area contributed by atoms with Gasteiger partial charge in [-0.2, -0.15) is 5.10 Å². The van der Waals surface area contributed by atoms with Gasteiger partial charge in [-0.05, 0) is 36.8 Å². The largest absolute Gasteiger partial charge is 0.265 e. The van der Waals surface area contributed by atoms with Gasteiger partial charge in [-0.3, -0.25) is 9.40 Å². The lowest BCUT2D eigenvalue weighted by Crippen LogP contribution is -2.14. The average molecular weight is 431 g/mol. The van der Waals surface area contributed by atoms with E-state index in [0.29, 0.717) is 16.6 Å². The summed E-state index contributed by atoms with van der Waals surface area (Å²) in [5.41, 5.74) is 1.82. The van der Waals surface area contributed by atoms with Gasteiger partial charge in [-0.15, -0.1) is 0 Å². The lowest BCUT2D eigenvalue weighted by Gasteiger charge is -2.06. The minimum Gasteiger partial charge on any atom is -0.265 e. The van der Waals surface area contributed by atoms with E-state index < -0.39 is 10.0 Å². The van der Waals surface area contributed by atoms with Crippen molar-refractivity contribution in [1.82, 2.24) is 9.78 Å². The van der Waals surface area contributed by atoms with E-state index in [0.717, 1.165) is 11.1 Å². The van der Waals surface area contributed by atoms with Gasteiger partial charge in [-0.1, -0.05) is 58.6 Å². The van der Waals surface area contributed by atoms with Crippen LogP contribution in [0.4, 0.5) is 5.82 Å². The van der Waals surface area contributed by atoms with E-state index in [-0.39, 0.29) is 15.7 Å². The van der Waals surface area contributed by atoms with Gasteiger partial charge in [0.25, 0.3) is 10.0 Å². The molecule has 0 aliphatic carbocycles. The Morgan fingerprint density at radius 3 is 2.35 bits per heavy atom. The van der Waals surface area contributed by atoms with Crippen LogP contribution in [0.15, 0.2) is 53.6 Å². The maximum atomic E-state index is 12.5. The molecule has 26 heavy (non-hydrogen) atoms. The van der Waals surface area contributed by atoms with E-state index in [1.165, 1.54) is 23.0 Å². The van der Waals surface area contributed by atoms with Crippen LogP contribution in [0.1, 0.15) is 11.1 Å². The zero-order valence-electron chi connectivity index (χ0n) is 13.6. The highest BCUT2D eigenvalue weighted by atomic mass is 35.5. The molecule has 5 nitrogen and oxygen atoms in total. The maximum absolute atomic E-state index is 12.5. The lowest BCUT2D eigenvalue weighted by molar-refractivity contribution is 0.600. The van der Waals surface area contributed by atoms with Crippen LogP contribution in [0.5, 0.6) is 0 Å². The SMILES string of the molecule is Cc1ccc(S(=O)(=O)Nc2nn(Cc3ccc(Cl)c(Cl)c3)cc2Cl)cc1. The molecule has 0 bridgehead atoms. The second-order valence-corrected chi connectivity index (χ2v) is 8.59. The zero-order valence-corrected chi connectivity index (χ0v) is 16.7. The summed E-state index contributed by atoms with van der Waals surface area (Å²) in [5, 5.41) is 5.29. The van der Waals surface area contributed by atoms with E-state index in [2.05, 4.69) is 9.82 Å². The maximum Gasteiger partial charge on any atom is 0.263 e. The Kier molecular flexibility index (Phi) is 5.48. The molecule has 1 N–H and O–H groups in total. The number of benzene rings is 2. The highest BCUT2D eigenvalue weighted by molar-refractivity contribution is 7.92. The van der Waals surface area contributed by atoms with Gasteiger partial charge in [0, 0.05) is 6.20 Å². The number of aryl methyl sites for hydroxylation is 1. The van der Waals surface area contributed by atoms with Crippen molar-refractivity contribution in [3.05, 3.63) is 74.9 Å². The Balaban J connectivity index is 1.81. The van der Waals surface area contributed by atoms with Crippen LogP contribution in [0.3, 0.4) is 0 Å². The van der Waals surface area contributed by atoms with Crippen molar-refractivity contribution in [3.8, 4) is 0 Å². The molecular weight excluding hydrogens is 417 g/mol. The molecule has 0 atom stereocenters. The molecule has 2 aromatic carbocycles. The van der Waals surface area contributed by atoms with Gasteiger partial charge in [0.15, 0.2) is 5.82 Å². The molecule has 3 aromatic rings. The Hall–Kier alpha value is -1.73. The summed E-state index contributed by atoms with van der Waals surface area (Å²) in [7, 11) is -3.77. The van der Waals surface area contributed by atoms with Gasteiger partial charge in [0.2, 0.25) is 0 Å². The third-order valence-electron chi connectivity index (χ3n) is 3.61. The van der Waals surface area contributed by atoms with Crippen molar-refractivity contribution in [3.63, 3.8) is 0 Å². The first-order valence-corrected chi connectivity index (χ1v) is 10.1. The molecule has 1 aromatic heterocycles. The van der Waals surface area contributed by atoms with Crippen molar-refractivity contribution in [2.75, 3.05) is 4.72 Å². The molecule has 0 saturated heterocycles. The summed E-state index contributed by atoms with van der Waals surface area (Å²) in [6.45, 7) is 2.24. The smallest absolute Gasteiger partial charge is 0.263 e. The van der Waals surface area contributed by atoms with Crippen LogP contribution in [0.2, 0.25) is 15.1 Å². The quantitative estimate of drug-likeness (QED) is 0.619. The van der Waals surface area contributed by atoms with Crippen molar-refractivity contribution in [1.29, 1.82) is 0 Å². The van der Waals surface area contributed by atoms with E-state index in [1.54, 1.807) is 30.3 Å². The average Bonchev–Trinajstić information content (AvgIpc) is 2.90. The minimum atomic E-state index is -3.77. The third-order valence-corrected chi connectivity index (χ3v) is 5.98. The molecule has 0 aliphatic heterocycles. The number of sulfonamides is 1. The highest BCUT2D eigenvalue weighted by Gasteiger charge is 2.18. The summed E-state index contributed by atoms with van der Waals surface area (Å²) in [6.07, 6.45) is 1.54. The van der Waals surface area contributed by atoms with E-state index in [1.807, 2.05) is 6.92 Å². The second kappa shape index (κ2) is 7.48. The number of hydrogen-bond donors (Lipinski definition) is 1. The third kappa shape index (κ3) is 4.32. The van der Waals surface area contributed by atoms with Crippen LogP contribution in [-0.4, -0.2) is 18.2 Å². The van der Waals surface area contributed by atoms with Gasteiger partial charge in [0.1, 0.15) is 5.02 Å². The standard InChI is InChI=1S/C17H14Cl3N3O2S/c1-11-2-5-13(6-3-11)26(24,25)22-17-16(20)10-23(21-17)9-12-4-7-14(18)15(19)8-12/h2-8,10H,9H2,1H3,(H,21,22). The summed E-state index contributed by atoms with van der Waals surface area (Å²) < 4.78 is 28.9. The first-order valence-electron chi connectivity index (χ1n) is 7.51. The Labute approximate surface area is 166 Å². The highest BCUT2D eigenvalue weighted by Crippen LogP contribution is 2.25. The lowest BCUT2D eigenvalue weighted by atomic mass is 10.2. The predicted molar refractivity (Wildman–Crippen MR) is 105 cm³/mol. The molecule has 0 spiro atoms. The monoisotopic (exact) mass is 429 g/mol. The summed E-state index contributed by atoms with van der Waals surface area (Å²) >= 11 is 18.0. The molecule has 1 heterocycles. The molecule has 0 radical (unpaired) electrons. The van der Waals surface area contributed by atoms with Crippen molar-refractivity contribution in [2.24, 2.45) is 0 Å². The molecule has 0 amide bonds. The van der Waals surface area contributed by atoms with Crippen LogP contribution < -0.4 is 4.72 Å². The number of anilines is 1. The fraction of sp³-hybridized carbons (Fsp3) is 0.118. The van der Waals surface area contributed by atoms with Crippen LogP contribution >= 0.6 is 34.8 Å². The van der Waals surface area contributed by atoms with Crippen molar-refractivity contribution >= 4 is 50.6 Å². The Morgan fingerprint density at radius 1 is 1.00 bits per heavy atom. The summed E-state index contributed by atoms with van der Waals surface area (Å²) in [5.74, 6) is 0.0623. The van der Waals surface area contributed by atoms with Crippen molar-refractivity contribution in [2.45, 2.75) is 18.4 Å². The molecule has 0 fully saturated rings. The van der Waals surface area contributed by atoms with E-state index in [4.69, 9.17) is 34.8 Å². The van der Waals surface area contributed by atoms with Crippen LogP contribution in [0, 0.1) is 6.92 Å². The minimum absolute atomic E-state index is 0.0623. The molecule has 136 valence electrons. The summed E-state index contributed by atoms with van der Waals surface area (Å²) in [6, 6.07) is 11.7.